The topological polar surface area (TPSA) is 55.1 Å². The molecular weight excluding hydrogens is 140 g/mol. The first kappa shape index (κ1) is 7.25. The lowest BCUT2D eigenvalue weighted by Crippen LogP contribution is -2.54. The van der Waals surface area contributed by atoms with Gasteiger partial charge in [0.05, 0.1) is 5.54 Å². The molecule has 1 heterocycles. The number of nitrogens with two attached hydrogens (primary N) is 1. The Bertz CT molecular complexity index is 216. The van der Waals surface area contributed by atoms with Gasteiger partial charge in [0.15, 0.2) is 5.78 Å². The van der Waals surface area contributed by atoms with Crippen LogP contribution >= 0.6 is 0 Å². The molecule has 2 rings (SSSR count). The Morgan fingerprint density at radius 2 is 2.27 bits per heavy atom. The highest BCUT2D eigenvalue weighted by Gasteiger charge is 2.57. The van der Waals surface area contributed by atoms with Gasteiger partial charge in [-0.1, -0.05) is 6.92 Å². The van der Waals surface area contributed by atoms with E-state index in [2.05, 4.69) is 12.2 Å². The van der Waals surface area contributed by atoms with Crippen LogP contribution in [0.3, 0.4) is 0 Å². The summed E-state index contributed by atoms with van der Waals surface area (Å²) in [5, 5.41) is 3.19. The van der Waals surface area contributed by atoms with E-state index < -0.39 is 5.54 Å². The summed E-state index contributed by atoms with van der Waals surface area (Å²) in [6, 6.07) is 0. The first-order valence-corrected chi connectivity index (χ1v) is 4.11. The minimum atomic E-state index is -0.549. The zero-order valence-electron chi connectivity index (χ0n) is 6.81. The average Bonchev–Trinajstić information content (AvgIpc) is 2.34. The highest BCUT2D eigenvalue weighted by Crippen LogP contribution is 2.44. The Labute approximate surface area is 66.3 Å². The average molecular weight is 154 g/mol. The maximum Gasteiger partial charge on any atom is 0.154 e. The van der Waals surface area contributed by atoms with Crippen molar-refractivity contribution in [2.75, 3.05) is 13.1 Å². The van der Waals surface area contributed by atoms with E-state index in [1.165, 1.54) is 0 Å². The molecule has 11 heavy (non-hydrogen) atoms. The maximum atomic E-state index is 11.4. The van der Waals surface area contributed by atoms with E-state index >= 15 is 0 Å². The van der Waals surface area contributed by atoms with Crippen molar-refractivity contribution in [1.82, 2.24) is 5.32 Å². The molecule has 0 aromatic heterocycles. The van der Waals surface area contributed by atoms with Gasteiger partial charge < -0.3 is 11.1 Å². The van der Waals surface area contributed by atoms with E-state index in [1.807, 2.05) is 0 Å². The largest absolute Gasteiger partial charge is 0.317 e. The molecule has 2 aliphatic rings. The summed E-state index contributed by atoms with van der Waals surface area (Å²) in [5.41, 5.74) is 5.51. The highest BCUT2D eigenvalue weighted by molar-refractivity contribution is 5.92. The van der Waals surface area contributed by atoms with Gasteiger partial charge in [0, 0.05) is 24.9 Å². The zero-order chi connectivity index (χ0) is 8.11. The van der Waals surface area contributed by atoms with Crippen LogP contribution in [0.2, 0.25) is 0 Å². The standard InChI is InChI=1S/C8H14N2O/c1-7-3-2-6(11)8(7,9)5-10-4-7/h10H,2-5,9H2,1H3. The van der Waals surface area contributed by atoms with Crippen LogP contribution in [0.4, 0.5) is 0 Å². The molecule has 2 fully saturated rings. The second-order valence-electron chi connectivity index (χ2n) is 4.06. The van der Waals surface area contributed by atoms with Gasteiger partial charge in [0.25, 0.3) is 0 Å². The summed E-state index contributed by atoms with van der Waals surface area (Å²) >= 11 is 0. The van der Waals surface area contributed by atoms with E-state index in [0.29, 0.717) is 13.0 Å². The third-order valence-corrected chi connectivity index (χ3v) is 3.40. The van der Waals surface area contributed by atoms with Crippen LogP contribution in [-0.2, 0) is 4.79 Å². The highest BCUT2D eigenvalue weighted by atomic mass is 16.1. The van der Waals surface area contributed by atoms with Crippen LogP contribution in [-0.4, -0.2) is 24.4 Å². The Morgan fingerprint density at radius 1 is 1.55 bits per heavy atom. The van der Waals surface area contributed by atoms with E-state index in [1.54, 1.807) is 0 Å². The number of carbonyl (C=O) groups excluding carboxylic acids is 1. The second-order valence-corrected chi connectivity index (χ2v) is 4.06. The van der Waals surface area contributed by atoms with Crippen LogP contribution in [0.1, 0.15) is 19.8 Å². The number of nitrogens with one attached hydrogen (secondary N) is 1. The Kier molecular flexibility index (Phi) is 1.22. The number of carbonyl (C=O) groups is 1. The Balaban J connectivity index is 2.41. The summed E-state index contributed by atoms with van der Waals surface area (Å²) in [6.07, 6.45) is 1.63. The molecule has 3 N–H and O–H groups in total. The molecule has 1 saturated heterocycles. The lowest BCUT2D eigenvalue weighted by atomic mass is 9.77. The number of hydrogen-bond donors (Lipinski definition) is 2. The second kappa shape index (κ2) is 1.84. The van der Waals surface area contributed by atoms with Crippen LogP contribution in [0, 0.1) is 5.41 Å². The van der Waals surface area contributed by atoms with Crippen LogP contribution < -0.4 is 11.1 Å². The SMILES string of the molecule is CC12CCC(=O)C1(N)CNC2. The fourth-order valence-corrected chi connectivity index (χ4v) is 2.27. The number of hydrogen-bond acceptors (Lipinski definition) is 3. The van der Waals surface area contributed by atoms with E-state index in [0.717, 1.165) is 13.0 Å². The fraction of sp³-hybridized carbons (Fsp3) is 0.875. The molecule has 3 heteroatoms. The number of rotatable bonds is 0. The van der Waals surface area contributed by atoms with Crippen molar-refractivity contribution in [3.05, 3.63) is 0 Å². The molecule has 62 valence electrons. The summed E-state index contributed by atoms with van der Waals surface area (Å²) in [7, 11) is 0. The summed E-state index contributed by atoms with van der Waals surface area (Å²) in [6.45, 7) is 3.68. The van der Waals surface area contributed by atoms with Gasteiger partial charge in [-0.2, -0.15) is 0 Å². The lowest BCUT2D eigenvalue weighted by Gasteiger charge is -2.30. The van der Waals surface area contributed by atoms with Crippen molar-refractivity contribution in [3.63, 3.8) is 0 Å². The molecule has 2 atom stereocenters. The molecule has 0 spiro atoms. The first-order valence-electron chi connectivity index (χ1n) is 4.11. The van der Waals surface area contributed by atoms with Gasteiger partial charge in [0.2, 0.25) is 0 Å². The monoisotopic (exact) mass is 154 g/mol. The van der Waals surface area contributed by atoms with Crippen LogP contribution in [0.25, 0.3) is 0 Å². The van der Waals surface area contributed by atoms with E-state index in [9.17, 15) is 4.79 Å². The number of Topliss-reactive ketones (excluding diaryl/α,β-unsaturated/α-hetero) is 1. The predicted molar refractivity (Wildman–Crippen MR) is 42.1 cm³/mol. The molecule has 3 nitrogen and oxygen atoms in total. The molecule has 1 aliphatic carbocycles. The van der Waals surface area contributed by atoms with Gasteiger partial charge in [-0.3, -0.25) is 4.79 Å². The normalized spacial score (nSPS) is 49.8. The summed E-state index contributed by atoms with van der Waals surface area (Å²) in [4.78, 5) is 11.4. The van der Waals surface area contributed by atoms with Crippen LogP contribution in [0.15, 0.2) is 0 Å². The first-order chi connectivity index (χ1) is 5.08. The Hall–Kier alpha value is -0.410. The summed E-state index contributed by atoms with van der Waals surface area (Å²) < 4.78 is 0. The summed E-state index contributed by atoms with van der Waals surface area (Å²) in [5.74, 6) is 0.241. The smallest absolute Gasteiger partial charge is 0.154 e. The van der Waals surface area contributed by atoms with Crippen molar-refractivity contribution in [3.8, 4) is 0 Å². The van der Waals surface area contributed by atoms with Crippen molar-refractivity contribution >= 4 is 5.78 Å². The van der Waals surface area contributed by atoms with Crippen LogP contribution in [0.5, 0.6) is 0 Å². The number of ketones is 1. The zero-order valence-corrected chi connectivity index (χ0v) is 6.81. The molecule has 1 saturated carbocycles. The minimum absolute atomic E-state index is 0.0318. The lowest BCUT2D eigenvalue weighted by molar-refractivity contribution is -0.122. The van der Waals surface area contributed by atoms with Crippen molar-refractivity contribution in [1.29, 1.82) is 0 Å². The third kappa shape index (κ3) is 0.676. The maximum absolute atomic E-state index is 11.4. The molecular formula is C8H14N2O. The minimum Gasteiger partial charge on any atom is -0.317 e. The van der Waals surface area contributed by atoms with E-state index in [4.69, 9.17) is 5.73 Å². The molecule has 0 bridgehead atoms. The third-order valence-electron chi connectivity index (χ3n) is 3.40. The van der Waals surface area contributed by atoms with E-state index in [-0.39, 0.29) is 11.2 Å². The fourth-order valence-electron chi connectivity index (χ4n) is 2.27. The Morgan fingerprint density at radius 3 is 2.91 bits per heavy atom. The van der Waals surface area contributed by atoms with Crippen molar-refractivity contribution in [2.45, 2.75) is 25.3 Å². The molecule has 0 aromatic rings. The molecule has 0 amide bonds. The van der Waals surface area contributed by atoms with Gasteiger partial charge in [-0.05, 0) is 6.42 Å². The molecule has 0 radical (unpaired) electrons. The van der Waals surface area contributed by atoms with Crippen molar-refractivity contribution < 1.29 is 4.79 Å². The van der Waals surface area contributed by atoms with Crippen molar-refractivity contribution in [2.24, 2.45) is 11.1 Å². The predicted octanol–water partition coefficient (Wildman–Crippen LogP) is -0.344. The molecule has 0 aromatic carbocycles. The van der Waals surface area contributed by atoms with Gasteiger partial charge in [-0.15, -0.1) is 0 Å². The molecule has 1 aliphatic heterocycles. The van der Waals surface area contributed by atoms with Gasteiger partial charge in [0.1, 0.15) is 0 Å². The quantitative estimate of drug-likeness (QED) is 0.501. The van der Waals surface area contributed by atoms with Gasteiger partial charge >= 0.3 is 0 Å². The molecule has 2 unspecified atom stereocenters. The number of fused-ring (bicyclic) bond motifs is 1. The van der Waals surface area contributed by atoms with Gasteiger partial charge in [-0.25, -0.2) is 0 Å².